The third kappa shape index (κ3) is 9.01. The van der Waals surface area contributed by atoms with Crippen LogP contribution in [-0.4, -0.2) is 54.9 Å². The van der Waals surface area contributed by atoms with Crippen LogP contribution in [0, 0.1) is 5.41 Å². The van der Waals surface area contributed by atoms with Gasteiger partial charge in [-0.05, 0) is 27.3 Å². The van der Waals surface area contributed by atoms with Crippen LogP contribution < -0.4 is 21.7 Å². The standard InChI is InChI=1S/C18H29N5O5S/c1-5-20-8-13(24)22-9-14(25)21-7-6-12(28-17(27)18(2,3)4)16-23-11(10-29-16)15(19)26/h10,12,20H,5-9H2,1-4H3,(H2,19,26)(H,21,25)(H,22,24). The third-order valence-electron chi connectivity index (χ3n) is 3.62. The van der Waals surface area contributed by atoms with Gasteiger partial charge in [-0.25, -0.2) is 4.98 Å². The van der Waals surface area contributed by atoms with Crippen LogP contribution in [0.1, 0.15) is 55.7 Å². The molecule has 10 nitrogen and oxygen atoms in total. The fraction of sp³-hybridized carbons (Fsp3) is 0.611. The first-order chi connectivity index (χ1) is 13.5. The second kappa shape index (κ2) is 11.5. The molecule has 162 valence electrons. The Labute approximate surface area is 174 Å². The second-order valence-electron chi connectivity index (χ2n) is 7.27. The number of primary amides is 1. The molecule has 1 heterocycles. The van der Waals surface area contributed by atoms with Crippen LogP contribution in [0.15, 0.2) is 5.38 Å². The van der Waals surface area contributed by atoms with Crippen LogP contribution in [0.3, 0.4) is 0 Å². The van der Waals surface area contributed by atoms with E-state index in [-0.39, 0.29) is 43.6 Å². The lowest BCUT2D eigenvalue weighted by Crippen LogP contribution is -2.41. The maximum absolute atomic E-state index is 12.3. The Hall–Kier alpha value is -2.53. The van der Waals surface area contributed by atoms with Crippen molar-refractivity contribution in [2.24, 2.45) is 11.1 Å². The van der Waals surface area contributed by atoms with Crippen molar-refractivity contribution in [1.29, 1.82) is 0 Å². The van der Waals surface area contributed by atoms with Crippen molar-refractivity contribution in [1.82, 2.24) is 20.9 Å². The van der Waals surface area contributed by atoms with Crippen LogP contribution in [0.5, 0.6) is 0 Å². The van der Waals surface area contributed by atoms with E-state index in [1.807, 2.05) is 6.92 Å². The molecule has 0 aromatic carbocycles. The van der Waals surface area contributed by atoms with Gasteiger partial charge in [0.1, 0.15) is 10.7 Å². The fourth-order valence-electron chi connectivity index (χ4n) is 1.97. The molecule has 1 aromatic heterocycles. The zero-order valence-corrected chi connectivity index (χ0v) is 18.0. The third-order valence-corrected chi connectivity index (χ3v) is 4.56. The van der Waals surface area contributed by atoms with Gasteiger partial charge in [-0.3, -0.25) is 19.2 Å². The molecule has 1 atom stereocenters. The summed E-state index contributed by atoms with van der Waals surface area (Å²) in [5, 5.41) is 9.92. The summed E-state index contributed by atoms with van der Waals surface area (Å²) in [6.45, 7) is 7.87. The number of carbonyl (C=O) groups is 4. The van der Waals surface area contributed by atoms with Crippen molar-refractivity contribution in [2.45, 2.75) is 40.2 Å². The molecule has 0 radical (unpaired) electrons. The Morgan fingerprint density at radius 1 is 1.17 bits per heavy atom. The van der Waals surface area contributed by atoms with E-state index in [0.29, 0.717) is 11.6 Å². The number of nitrogens with two attached hydrogens (primary N) is 1. The number of hydrogen-bond acceptors (Lipinski definition) is 8. The predicted molar refractivity (Wildman–Crippen MR) is 108 cm³/mol. The molecule has 1 unspecified atom stereocenters. The molecule has 0 fully saturated rings. The summed E-state index contributed by atoms with van der Waals surface area (Å²) in [5.74, 6) is -1.75. The zero-order valence-electron chi connectivity index (χ0n) is 17.2. The summed E-state index contributed by atoms with van der Waals surface area (Å²) in [5.41, 5.74) is 4.60. The zero-order chi connectivity index (χ0) is 22.0. The van der Waals surface area contributed by atoms with E-state index < -0.39 is 23.4 Å². The summed E-state index contributed by atoms with van der Waals surface area (Å²) >= 11 is 1.15. The van der Waals surface area contributed by atoms with Gasteiger partial charge in [0.05, 0.1) is 18.5 Å². The minimum Gasteiger partial charge on any atom is -0.454 e. The number of nitrogens with one attached hydrogen (secondary N) is 3. The molecule has 0 spiro atoms. The van der Waals surface area contributed by atoms with E-state index in [9.17, 15) is 19.2 Å². The summed E-state index contributed by atoms with van der Waals surface area (Å²) in [6.07, 6.45) is -0.478. The SMILES string of the molecule is CCNCC(=O)NCC(=O)NCCC(OC(=O)C(C)(C)C)c1nc(C(N)=O)cs1. The van der Waals surface area contributed by atoms with E-state index >= 15 is 0 Å². The van der Waals surface area contributed by atoms with E-state index in [2.05, 4.69) is 20.9 Å². The van der Waals surface area contributed by atoms with E-state index in [1.165, 1.54) is 5.38 Å². The molecular formula is C18H29N5O5S. The number of carbonyl (C=O) groups excluding carboxylic acids is 4. The second-order valence-corrected chi connectivity index (χ2v) is 8.16. The van der Waals surface area contributed by atoms with Crippen LogP contribution in [0.2, 0.25) is 0 Å². The molecule has 0 aliphatic rings. The summed E-state index contributed by atoms with van der Waals surface area (Å²) in [4.78, 5) is 51.0. The van der Waals surface area contributed by atoms with Gasteiger partial charge in [-0.15, -0.1) is 11.3 Å². The Bertz CT molecular complexity index is 728. The molecule has 1 aromatic rings. The van der Waals surface area contributed by atoms with Gasteiger partial charge in [-0.1, -0.05) is 6.92 Å². The Morgan fingerprint density at radius 3 is 2.38 bits per heavy atom. The number of ether oxygens (including phenoxy) is 1. The first kappa shape index (κ1) is 24.5. The minimum absolute atomic E-state index is 0.0919. The average molecular weight is 428 g/mol. The summed E-state index contributed by atoms with van der Waals surface area (Å²) in [6, 6.07) is 0. The molecule has 0 saturated carbocycles. The highest BCUT2D eigenvalue weighted by atomic mass is 32.1. The van der Waals surface area contributed by atoms with Crippen LogP contribution >= 0.6 is 11.3 Å². The van der Waals surface area contributed by atoms with Crippen molar-refractivity contribution in [2.75, 3.05) is 26.2 Å². The molecule has 3 amide bonds. The lowest BCUT2D eigenvalue weighted by Gasteiger charge is -2.22. The maximum atomic E-state index is 12.3. The van der Waals surface area contributed by atoms with Gasteiger partial charge in [0.25, 0.3) is 5.91 Å². The number of thiazole rings is 1. The monoisotopic (exact) mass is 427 g/mol. The maximum Gasteiger partial charge on any atom is 0.311 e. The molecule has 11 heteroatoms. The first-order valence-corrected chi connectivity index (χ1v) is 10.1. The Kier molecular flexibility index (Phi) is 9.69. The van der Waals surface area contributed by atoms with Crippen molar-refractivity contribution in [3.05, 3.63) is 16.1 Å². The van der Waals surface area contributed by atoms with Gasteiger partial charge >= 0.3 is 5.97 Å². The average Bonchev–Trinajstić information content (AvgIpc) is 3.13. The lowest BCUT2D eigenvalue weighted by molar-refractivity contribution is -0.159. The highest BCUT2D eigenvalue weighted by molar-refractivity contribution is 7.09. The predicted octanol–water partition coefficient (Wildman–Crippen LogP) is 0.104. The summed E-state index contributed by atoms with van der Waals surface area (Å²) in [7, 11) is 0. The van der Waals surface area contributed by atoms with Crippen LogP contribution in [0.25, 0.3) is 0 Å². The Balaban J connectivity index is 2.63. The van der Waals surface area contributed by atoms with Gasteiger partial charge in [0.2, 0.25) is 11.8 Å². The molecular weight excluding hydrogens is 398 g/mol. The smallest absolute Gasteiger partial charge is 0.311 e. The van der Waals surface area contributed by atoms with Crippen LogP contribution in [0.4, 0.5) is 0 Å². The molecule has 1 rings (SSSR count). The van der Waals surface area contributed by atoms with E-state index in [0.717, 1.165) is 11.3 Å². The van der Waals surface area contributed by atoms with Crippen molar-refractivity contribution in [3.63, 3.8) is 0 Å². The molecule has 0 bridgehead atoms. The highest BCUT2D eigenvalue weighted by Crippen LogP contribution is 2.28. The number of rotatable bonds is 11. The van der Waals surface area contributed by atoms with Crippen molar-refractivity contribution in [3.8, 4) is 0 Å². The topological polar surface area (TPSA) is 153 Å². The summed E-state index contributed by atoms with van der Waals surface area (Å²) < 4.78 is 5.55. The largest absolute Gasteiger partial charge is 0.454 e. The quantitative estimate of drug-likeness (QED) is 0.366. The number of aromatic nitrogens is 1. The van der Waals surface area contributed by atoms with Crippen molar-refractivity contribution < 1.29 is 23.9 Å². The minimum atomic E-state index is -0.733. The van der Waals surface area contributed by atoms with Gasteiger partial charge in [0.15, 0.2) is 6.10 Å². The van der Waals surface area contributed by atoms with Crippen LogP contribution in [-0.2, 0) is 19.1 Å². The van der Waals surface area contributed by atoms with E-state index in [4.69, 9.17) is 10.5 Å². The fourth-order valence-corrected chi connectivity index (χ4v) is 2.84. The highest BCUT2D eigenvalue weighted by Gasteiger charge is 2.28. The lowest BCUT2D eigenvalue weighted by atomic mass is 9.97. The number of nitrogens with zero attached hydrogens (tertiary/aromatic N) is 1. The number of hydrogen-bond donors (Lipinski definition) is 4. The first-order valence-electron chi connectivity index (χ1n) is 9.25. The Morgan fingerprint density at radius 2 is 1.83 bits per heavy atom. The van der Waals surface area contributed by atoms with Gasteiger partial charge in [-0.2, -0.15) is 0 Å². The number of likely N-dealkylation sites (N-methyl/N-ethyl adjacent to an activating group) is 1. The number of amides is 3. The molecule has 0 aliphatic carbocycles. The normalized spacial score (nSPS) is 12.1. The molecule has 5 N–H and O–H groups in total. The van der Waals surface area contributed by atoms with Gasteiger partial charge < -0.3 is 26.4 Å². The molecule has 29 heavy (non-hydrogen) atoms. The van der Waals surface area contributed by atoms with E-state index in [1.54, 1.807) is 20.8 Å². The van der Waals surface area contributed by atoms with Crippen molar-refractivity contribution >= 4 is 35.0 Å². The molecule has 0 aliphatic heterocycles. The molecule has 0 saturated heterocycles. The van der Waals surface area contributed by atoms with Gasteiger partial charge in [0, 0.05) is 18.3 Å². The number of esters is 1.